The third kappa shape index (κ3) is 4.15. The van der Waals surface area contributed by atoms with Crippen molar-refractivity contribution in [2.24, 2.45) is 5.10 Å². The van der Waals surface area contributed by atoms with Gasteiger partial charge in [0.1, 0.15) is 5.82 Å². The van der Waals surface area contributed by atoms with Crippen LogP contribution in [0.2, 0.25) is 0 Å². The normalized spacial score (nSPS) is 11.1. The monoisotopic (exact) mass is 356 g/mol. The van der Waals surface area contributed by atoms with E-state index in [4.69, 9.17) is 4.98 Å². The molecule has 4 nitrogen and oxygen atoms in total. The summed E-state index contributed by atoms with van der Waals surface area (Å²) in [6, 6.07) is 24.0. The highest BCUT2D eigenvalue weighted by molar-refractivity contribution is 5.80. The van der Waals surface area contributed by atoms with Crippen LogP contribution in [-0.2, 0) is 6.42 Å². The first-order chi connectivity index (χ1) is 13.3. The van der Waals surface area contributed by atoms with Crippen molar-refractivity contribution in [3.05, 3.63) is 102 Å². The molecule has 1 heterocycles. The number of rotatable bonds is 5. The summed E-state index contributed by atoms with van der Waals surface area (Å²) in [7, 11) is 0. The summed E-state index contributed by atoms with van der Waals surface area (Å²) in [5, 5.41) is 4.25. The van der Waals surface area contributed by atoms with Crippen LogP contribution in [0.4, 0.5) is 10.2 Å². The molecule has 0 aliphatic carbocycles. The molecule has 0 amide bonds. The first kappa shape index (κ1) is 16.8. The summed E-state index contributed by atoms with van der Waals surface area (Å²) in [5.41, 5.74) is 7.39. The van der Waals surface area contributed by atoms with Gasteiger partial charge in [0.05, 0.1) is 22.9 Å². The zero-order valence-electron chi connectivity index (χ0n) is 14.5. The first-order valence-electron chi connectivity index (χ1n) is 8.62. The number of hydrogen-bond acceptors (Lipinski definition) is 4. The summed E-state index contributed by atoms with van der Waals surface area (Å²) in [4.78, 5) is 9.43. The molecule has 27 heavy (non-hydrogen) atoms. The predicted octanol–water partition coefficient (Wildman–Crippen LogP) is 4.81. The number of aromatic nitrogens is 2. The van der Waals surface area contributed by atoms with Crippen molar-refractivity contribution in [1.82, 2.24) is 9.97 Å². The number of hydrazone groups is 1. The van der Waals surface area contributed by atoms with Crippen LogP contribution in [-0.4, -0.2) is 16.2 Å². The van der Waals surface area contributed by atoms with Crippen molar-refractivity contribution in [1.29, 1.82) is 0 Å². The standard InChI is InChI=1S/C22H17FN4/c23-18-12-10-17(11-13-18)15-24-27-22-21(14-16-6-2-1-3-7-16)25-19-8-4-5-9-20(19)26-22/h1-13,15H,14H2,(H,26,27). The molecule has 0 spiro atoms. The molecule has 0 saturated heterocycles. The van der Waals surface area contributed by atoms with Crippen LogP contribution in [0.25, 0.3) is 11.0 Å². The van der Waals surface area contributed by atoms with Crippen LogP contribution in [0.1, 0.15) is 16.8 Å². The molecule has 5 heteroatoms. The van der Waals surface area contributed by atoms with Crippen molar-refractivity contribution in [3.8, 4) is 0 Å². The third-order valence-electron chi connectivity index (χ3n) is 4.11. The maximum Gasteiger partial charge on any atom is 0.169 e. The molecule has 132 valence electrons. The minimum atomic E-state index is -0.273. The van der Waals surface area contributed by atoms with E-state index in [9.17, 15) is 4.39 Å². The van der Waals surface area contributed by atoms with E-state index in [1.54, 1.807) is 18.3 Å². The Labute approximate surface area is 156 Å². The van der Waals surface area contributed by atoms with Crippen LogP contribution in [0.15, 0.2) is 84.0 Å². The Morgan fingerprint density at radius 2 is 1.48 bits per heavy atom. The van der Waals surface area contributed by atoms with Crippen molar-refractivity contribution in [2.75, 3.05) is 5.43 Å². The average Bonchev–Trinajstić information content (AvgIpc) is 2.70. The van der Waals surface area contributed by atoms with Crippen LogP contribution in [0, 0.1) is 5.82 Å². The van der Waals surface area contributed by atoms with Crippen LogP contribution >= 0.6 is 0 Å². The highest BCUT2D eigenvalue weighted by atomic mass is 19.1. The van der Waals surface area contributed by atoms with E-state index < -0.39 is 0 Å². The van der Waals surface area contributed by atoms with Gasteiger partial charge in [-0.05, 0) is 35.4 Å². The topological polar surface area (TPSA) is 50.2 Å². The molecule has 0 atom stereocenters. The zero-order valence-corrected chi connectivity index (χ0v) is 14.5. The van der Waals surface area contributed by atoms with Gasteiger partial charge in [-0.2, -0.15) is 5.10 Å². The molecular weight excluding hydrogens is 339 g/mol. The Kier molecular flexibility index (Phi) is 4.83. The fourth-order valence-corrected chi connectivity index (χ4v) is 2.76. The molecule has 1 aromatic heterocycles. The molecule has 0 bridgehead atoms. The van der Waals surface area contributed by atoms with Crippen LogP contribution in [0.3, 0.4) is 0 Å². The lowest BCUT2D eigenvalue weighted by atomic mass is 10.1. The second kappa shape index (κ2) is 7.74. The molecule has 3 aromatic carbocycles. The lowest BCUT2D eigenvalue weighted by molar-refractivity contribution is 0.628. The van der Waals surface area contributed by atoms with Gasteiger partial charge in [0.25, 0.3) is 0 Å². The van der Waals surface area contributed by atoms with Gasteiger partial charge < -0.3 is 0 Å². The van der Waals surface area contributed by atoms with Gasteiger partial charge in [-0.3, -0.25) is 5.43 Å². The fourth-order valence-electron chi connectivity index (χ4n) is 2.76. The van der Waals surface area contributed by atoms with Crippen molar-refractivity contribution in [2.45, 2.75) is 6.42 Å². The molecular formula is C22H17FN4. The van der Waals surface area contributed by atoms with Crippen LogP contribution in [0.5, 0.6) is 0 Å². The highest BCUT2D eigenvalue weighted by Gasteiger charge is 2.09. The minimum Gasteiger partial charge on any atom is -0.260 e. The molecule has 0 saturated carbocycles. The van der Waals surface area contributed by atoms with Gasteiger partial charge in [-0.1, -0.05) is 54.6 Å². The van der Waals surface area contributed by atoms with Gasteiger partial charge in [0.2, 0.25) is 0 Å². The number of nitrogens with one attached hydrogen (secondary N) is 1. The molecule has 4 aromatic rings. The van der Waals surface area contributed by atoms with E-state index in [1.165, 1.54) is 12.1 Å². The van der Waals surface area contributed by atoms with E-state index in [0.717, 1.165) is 27.9 Å². The summed E-state index contributed by atoms with van der Waals surface area (Å²) in [5.74, 6) is 0.335. The summed E-state index contributed by atoms with van der Waals surface area (Å²) >= 11 is 0. The molecule has 1 N–H and O–H groups in total. The number of benzene rings is 3. The van der Waals surface area contributed by atoms with E-state index in [1.807, 2.05) is 42.5 Å². The summed E-state index contributed by atoms with van der Waals surface area (Å²) in [6.07, 6.45) is 2.27. The Morgan fingerprint density at radius 1 is 0.815 bits per heavy atom. The zero-order chi connectivity index (χ0) is 18.5. The largest absolute Gasteiger partial charge is 0.260 e. The van der Waals surface area contributed by atoms with Crippen molar-refractivity contribution >= 4 is 23.1 Å². The SMILES string of the molecule is Fc1ccc(C=NNc2nc3ccccc3nc2Cc2ccccc2)cc1. The maximum atomic E-state index is 13.0. The lowest BCUT2D eigenvalue weighted by Gasteiger charge is -2.09. The quantitative estimate of drug-likeness (QED) is 0.412. The predicted molar refractivity (Wildman–Crippen MR) is 106 cm³/mol. The Balaban J connectivity index is 1.64. The molecule has 0 fully saturated rings. The lowest BCUT2D eigenvalue weighted by Crippen LogP contribution is -2.03. The van der Waals surface area contributed by atoms with Crippen molar-refractivity contribution < 1.29 is 4.39 Å². The molecule has 0 unspecified atom stereocenters. The van der Waals surface area contributed by atoms with Gasteiger partial charge >= 0.3 is 0 Å². The average molecular weight is 356 g/mol. The van der Waals surface area contributed by atoms with Crippen molar-refractivity contribution in [3.63, 3.8) is 0 Å². The number of nitrogens with zero attached hydrogens (tertiary/aromatic N) is 3. The van der Waals surface area contributed by atoms with Gasteiger partial charge in [0.15, 0.2) is 5.82 Å². The molecule has 0 aliphatic heterocycles. The first-order valence-corrected chi connectivity index (χ1v) is 8.62. The number of halogens is 1. The summed E-state index contributed by atoms with van der Waals surface area (Å²) in [6.45, 7) is 0. The van der Waals surface area contributed by atoms with E-state index in [0.29, 0.717) is 12.2 Å². The molecule has 4 rings (SSSR count). The third-order valence-corrected chi connectivity index (χ3v) is 4.11. The summed E-state index contributed by atoms with van der Waals surface area (Å²) < 4.78 is 13.0. The van der Waals surface area contributed by atoms with Gasteiger partial charge in [-0.25, -0.2) is 14.4 Å². The number of para-hydroxylation sites is 2. The Bertz CT molecular complexity index is 1080. The number of hydrogen-bond donors (Lipinski definition) is 1. The Morgan fingerprint density at radius 3 is 2.22 bits per heavy atom. The van der Waals surface area contributed by atoms with E-state index >= 15 is 0 Å². The molecule has 0 aliphatic rings. The van der Waals surface area contributed by atoms with Gasteiger partial charge in [0, 0.05) is 6.42 Å². The Hall–Kier alpha value is -3.60. The van der Waals surface area contributed by atoms with Crippen LogP contribution < -0.4 is 5.43 Å². The molecule has 0 radical (unpaired) electrons. The fraction of sp³-hybridized carbons (Fsp3) is 0.0455. The number of anilines is 1. The smallest absolute Gasteiger partial charge is 0.169 e. The maximum absolute atomic E-state index is 13.0. The highest BCUT2D eigenvalue weighted by Crippen LogP contribution is 2.20. The number of fused-ring (bicyclic) bond motifs is 1. The van der Waals surface area contributed by atoms with Gasteiger partial charge in [-0.15, -0.1) is 0 Å². The van der Waals surface area contributed by atoms with E-state index in [2.05, 4.69) is 27.6 Å². The minimum absolute atomic E-state index is 0.273. The second-order valence-electron chi connectivity index (χ2n) is 6.09. The second-order valence-corrected chi connectivity index (χ2v) is 6.09. The van der Waals surface area contributed by atoms with E-state index in [-0.39, 0.29) is 5.82 Å².